The Kier molecular flexibility index (Phi) is 7.33. The molecule has 0 fully saturated rings. The van der Waals surface area contributed by atoms with Gasteiger partial charge in [0.1, 0.15) is 0 Å². The molecule has 25 heavy (non-hydrogen) atoms. The number of carbonyl (C=O) groups excluding carboxylic acids is 2. The summed E-state index contributed by atoms with van der Waals surface area (Å²) >= 11 is 0. The molecule has 0 aliphatic carbocycles. The number of methoxy groups -OCH3 is 2. The molecule has 0 unspecified atom stereocenters. The van der Waals surface area contributed by atoms with Gasteiger partial charge in [-0.1, -0.05) is 0 Å². The summed E-state index contributed by atoms with van der Waals surface area (Å²) in [6.07, 6.45) is -0.625. The SMILES string of the molecule is COC(=O)CCn1c(=O)n(CCC#N)c(=O)n(CCC(=O)OC)c1=O. The largest absolute Gasteiger partial charge is 0.469 e. The lowest BCUT2D eigenvalue weighted by molar-refractivity contribution is -0.141. The van der Waals surface area contributed by atoms with E-state index >= 15 is 0 Å². The fourth-order valence-electron chi connectivity index (χ4n) is 2.03. The zero-order valence-electron chi connectivity index (χ0n) is 13.9. The topological polar surface area (TPSA) is 142 Å². The summed E-state index contributed by atoms with van der Waals surface area (Å²) in [7, 11) is 2.32. The molecule has 11 nitrogen and oxygen atoms in total. The van der Waals surface area contributed by atoms with Crippen LogP contribution in [0.15, 0.2) is 14.4 Å². The molecule has 11 heteroatoms. The second-order valence-corrected chi connectivity index (χ2v) is 4.86. The van der Waals surface area contributed by atoms with E-state index in [-0.39, 0.29) is 38.9 Å². The van der Waals surface area contributed by atoms with Crippen LogP contribution in [0.25, 0.3) is 0 Å². The average Bonchev–Trinajstić information content (AvgIpc) is 2.60. The van der Waals surface area contributed by atoms with Crippen LogP contribution in [-0.4, -0.2) is 39.9 Å². The van der Waals surface area contributed by atoms with Crippen LogP contribution in [0.4, 0.5) is 0 Å². The van der Waals surface area contributed by atoms with Gasteiger partial charge in [-0.05, 0) is 0 Å². The van der Waals surface area contributed by atoms with Gasteiger partial charge in [0.25, 0.3) is 0 Å². The number of esters is 2. The number of hydrogen-bond donors (Lipinski definition) is 0. The molecule has 136 valence electrons. The minimum Gasteiger partial charge on any atom is -0.469 e. The van der Waals surface area contributed by atoms with Crippen molar-refractivity contribution in [2.45, 2.75) is 38.9 Å². The van der Waals surface area contributed by atoms with Crippen LogP contribution < -0.4 is 17.1 Å². The van der Waals surface area contributed by atoms with Gasteiger partial charge in [0, 0.05) is 19.6 Å². The van der Waals surface area contributed by atoms with E-state index in [1.165, 1.54) is 0 Å². The second-order valence-electron chi connectivity index (χ2n) is 4.86. The van der Waals surface area contributed by atoms with Crippen molar-refractivity contribution in [3.05, 3.63) is 31.5 Å². The van der Waals surface area contributed by atoms with Crippen LogP contribution >= 0.6 is 0 Å². The van der Waals surface area contributed by atoms with E-state index in [1.54, 1.807) is 6.07 Å². The van der Waals surface area contributed by atoms with Crippen molar-refractivity contribution >= 4 is 11.9 Å². The highest BCUT2D eigenvalue weighted by Gasteiger charge is 2.17. The van der Waals surface area contributed by atoms with E-state index < -0.39 is 29.0 Å². The summed E-state index contributed by atoms with van der Waals surface area (Å²) in [5, 5.41) is 8.65. The average molecular weight is 354 g/mol. The predicted octanol–water partition coefficient (Wildman–Crippen LogP) is -1.79. The Balaban J connectivity index is 3.39. The minimum absolute atomic E-state index is 0.124. The first kappa shape index (κ1) is 19.9. The fourth-order valence-corrected chi connectivity index (χ4v) is 2.03. The van der Waals surface area contributed by atoms with Crippen molar-refractivity contribution in [2.24, 2.45) is 0 Å². The van der Waals surface area contributed by atoms with E-state index in [0.29, 0.717) is 9.13 Å². The van der Waals surface area contributed by atoms with Crippen LogP contribution in [0, 0.1) is 11.3 Å². The molecule has 1 aromatic heterocycles. The number of aromatic nitrogens is 3. The maximum Gasteiger partial charge on any atom is 0.336 e. The van der Waals surface area contributed by atoms with Crippen LogP contribution in [0.3, 0.4) is 0 Å². The summed E-state index contributed by atoms with van der Waals surface area (Å²) in [4.78, 5) is 59.5. The molecule has 0 aromatic carbocycles. The Morgan fingerprint density at radius 2 is 1.20 bits per heavy atom. The van der Waals surface area contributed by atoms with E-state index in [2.05, 4.69) is 9.47 Å². The van der Waals surface area contributed by atoms with Crippen molar-refractivity contribution in [2.75, 3.05) is 14.2 Å². The first-order chi connectivity index (χ1) is 11.9. The molecule has 0 aliphatic heterocycles. The third-order valence-corrected chi connectivity index (χ3v) is 3.37. The third kappa shape index (κ3) is 4.90. The summed E-state index contributed by atoms with van der Waals surface area (Å²) in [6, 6.07) is 1.80. The van der Waals surface area contributed by atoms with Gasteiger partial charge in [-0.2, -0.15) is 5.26 Å². The Bertz CT molecular complexity index is 798. The summed E-state index contributed by atoms with van der Waals surface area (Å²) < 4.78 is 11.0. The molecule has 0 saturated heterocycles. The molecule has 0 aliphatic rings. The van der Waals surface area contributed by atoms with E-state index in [4.69, 9.17) is 5.26 Å². The van der Waals surface area contributed by atoms with Crippen molar-refractivity contribution < 1.29 is 19.1 Å². The van der Waals surface area contributed by atoms with Crippen molar-refractivity contribution in [1.82, 2.24) is 13.7 Å². The molecule has 0 N–H and O–H groups in total. The highest BCUT2D eigenvalue weighted by molar-refractivity contribution is 5.69. The summed E-state index contributed by atoms with van der Waals surface area (Å²) in [6.45, 7) is -0.810. The van der Waals surface area contributed by atoms with E-state index in [9.17, 15) is 24.0 Å². The smallest absolute Gasteiger partial charge is 0.336 e. The molecular weight excluding hydrogens is 336 g/mol. The Morgan fingerprint density at radius 1 is 0.840 bits per heavy atom. The van der Waals surface area contributed by atoms with Gasteiger partial charge in [-0.15, -0.1) is 0 Å². The molecule has 0 bridgehead atoms. The maximum atomic E-state index is 12.4. The van der Waals surface area contributed by atoms with Gasteiger partial charge in [-0.3, -0.25) is 9.59 Å². The molecule has 0 atom stereocenters. The Morgan fingerprint density at radius 3 is 1.52 bits per heavy atom. The molecule has 1 aromatic rings. The van der Waals surface area contributed by atoms with Crippen LogP contribution in [0.5, 0.6) is 0 Å². The fraction of sp³-hybridized carbons (Fsp3) is 0.571. The van der Waals surface area contributed by atoms with Crippen molar-refractivity contribution in [1.29, 1.82) is 5.26 Å². The maximum absolute atomic E-state index is 12.4. The lowest BCUT2D eigenvalue weighted by atomic mass is 10.4. The first-order valence-corrected chi connectivity index (χ1v) is 7.32. The second kappa shape index (κ2) is 9.21. The zero-order chi connectivity index (χ0) is 19.0. The number of ether oxygens (including phenoxy) is 2. The van der Waals surface area contributed by atoms with Gasteiger partial charge in [0.05, 0.1) is 39.6 Å². The van der Waals surface area contributed by atoms with Gasteiger partial charge >= 0.3 is 29.0 Å². The number of hydrogen-bond acceptors (Lipinski definition) is 8. The van der Waals surface area contributed by atoms with E-state index in [0.717, 1.165) is 18.8 Å². The van der Waals surface area contributed by atoms with E-state index in [1.807, 2.05) is 0 Å². The van der Waals surface area contributed by atoms with Crippen LogP contribution in [0.2, 0.25) is 0 Å². The molecular formula is C14H18N4O7. The molecule has 0 spiro atoms. The Labute approximate surface area is 141 Å². The summed E-state index contributed by atoms with van der Waals surface area (Å²) in [5.41, 5.74) is -2.80. The monoisotopic (exact) mass is 354 g/mol. The number of nitrogens with zero attached hydrogens (tertiary/aromatic N) is 4. The number of rotatable bonds is 8. The normalized spacial score (nSPS) is 10.1. The molecule has 0 radical (unpaired) electrons. The lowest BCUT2D eigenvalue weighted by Crippen LogP contribution is -2.54. The van der Waals surface area contributed by atoms with Gasteiger partial charge in [0.15, 0.2) is 0 Å². The van der Waals surface area contributed by atoms with Crippen molar-refractivity contribution in [3.8, 4) is 6.07 Å². The van der Waals surface area contributed by atoms with Gasteiger partial charge < -0.3 is 9.47 Å². The quantitative estimate of drug-likeness (QED) is 0.498. The molecule has 0 amide bonds. The molecule has 0 saturated carbocycles. The van der Waals surface area contributed by atoms with Crippen LogP contribution in [0.1, 0.15) is 19.3 Å². The number of nitriles is 1. The molecule has 1 heterocycles. The standard InChI is InChI=1S/C14H18N4O7/c1-24-10(19)4-8-17-12(21)16(7-3-6-15)13(22)18(14(17)23)9-5-11(20)25-2/h3-5,7-9H2,1-2H3. The lowest BCUT2D eigenvalue weighted by Gasteiger charge is -2.12. The zero-order valence-corrected chi connectivity index (χ0v) is 13.9. The predicted molar refractivity (Wildman–Crippen MR) is 82.7 cm³/mol. The van der Waals surface area contributed by atoms with Crippen molar-refractivity contribution in [3.63, 3.8) is 0 Å². The Hall–Kier alpha value is -3.16. The summed E-state index contributed by atoms with van der Waals surface area (Å²) in [5.74, 6) is -1.27. The van der Waals surface area contributed by atoms with Crippen LogP contribution in [-0.2, 0) is 38.7 Å². The molecule has 1 rings (SSSR count). The minimum atomic E-state index is -0.948. The third-order valence-electron chi connectivity index (χ3n) is 3.37. The number of carbonyl (C=O) groups is 2. The van der Waals surface area contributed by atoms with Gasteiger partial charge in [-0.25, -0.2) is 28.1 Å². The highest BCUT2D eigenvalue weighted by atomic mass is 16.5. The first-order valence-electron chi connectivity index (χ1n) is 7.32. The highest BCUT2D eigenvalue weighted by Crippen LogP contribution is 1.90. The van der Waals surface area contributed by atoms with Gasteiger partial charge in [0.2, 0.25) is 0 Å².